The minimum Gasteiger partial charge on any atom is -0.353 e. The van der Waals surface area contributed by atoms with Crippen LogP contribution in [0.3, 0.4) is 0 Å². The summed E-state index contributed by atoms with van der Waals surface area (Å²) in [5.74, 6) is 1.26. The normalized spacial score (nSPS) is 31.5. The van der Waals surface area contributed by atoms with E-state index in [1.165, 1.54) is 19.2 Å². The van der Waals surface area contributed by atoms with Crippen LogP contribution in [0.1, 0.15) is 25.0 Å². The van der Waals surface area contributed by atoms with Crippen molar-refractivity contribution in [2.24, 2.45) is 17.6 Å². The van der Waals surface area contributed by atoms with Crippen LogP contribution < -0.4 is 10.6 Å². The first-order valence-electron chi connectivity index (χ1n) is 6.64. The van der Waals surface area contributed by atoms with Crippen molar-refractivity contribution in [3.63, 3.8) is 0 Å². The van der Waals surface area contributed by atoms with Gasteiger partial charge >= 0.3 is 0 Å². The van der Waals surface area contributed by atoms with Gasteiger partial charge in [0.05, 0.1) is 5.69 Å². The summed E-state index contributed by atoms with van der Waals surface area (Å²) in [7, 11) is 0. The van der Waals surface area contributed by atoms with Gasteiger partial charge in [-0.05, 0) is 31.6 Å². The lowest BCUT2D eigenvalue weighted by molar-refractivity contribution is 0.260. The van der Waals surface area contributed by atoms with E-state index in [0.29, 0.717) is 23.3 Å². The van der Waals surface area contributed by atoms with Crippen molar-refractivity contribution in [3.8, 4) is 0 Å². The number of fused-ring (bicyclic) bond motifs is 1. The Morgan fingerprint density at radius 1 is 1.33 bits per heavy atom. The fraction of sp³-hybridized carbons (Fsp3) is 0.692. The number of hydrogen-bond donors (Lipinski definition) is 1. The van der Waals surface area contributed by atoms with Gasteiger partial charge in [0.15, 0.2) is 11.6 Å². The smallest absolute Gasteiger partial charge is 0.186 e. The van der Waals surface area contributed by atoms with E-state index in [9.17, 15) is 4.39 Å². The van der Waals surface area contributed by atoms with Crippen LogP contribution in [0.15, 0.2) is 6.33 Å². The number of nitrogens with two attached hydrogens (primary N) is 1. The Hall–Kier alpha value is -1.23. The van der Waals surface area contributed by atoms with Crippen molar-refractivity contribution < 1.29 is 4.39 Å². The molecule has 2 N–H and O–H groups in total. The predicted octanol–water partition coefficient (Wildman–Crippen LogP) is 1.49. The molecule has 2 aliphatic rings. The van der Waals surface area contributed by atoms with Crippen molar-refractivity contribution in [1.82, 2.24) is 9.97 Å². The molecule has 5 heteroatoms. The molecule has 1 aliphatic carbocycles. The third-order valence-electron chi connectivity index (χ3n) is 4.40. The van der Waals surface area contributed by atoms with E-state index in [1.807, 2.05) is 4.90 Å². The largest absolute Gasteiger partial charge is 0.353 e. The minimum absolute atomic E-state index is 0.264. The molecule has 4 nitrogen and oxygen atoms in total. The molecule has 2 heterocycles. The first-order valence-corrected chi connectivity index (χ1v) is 6.64. The topological polar surface area (TPSA) is 55.0 Å². The third-order valence-corrected chi connectivity index (χ3v) is 4.40. The van der Waals surface area contributed by atoms with Gasteiger partial charge in [0.25, 0.3) is 0 Å². The Morgan fingerprint density at radius 2 is 2.17 bits per heavy atom. The van der Waals surface area contributed by atoms with Crippen molar-refractivity contribution in [2.75, 3.05) is 18.0 Å². The van der Waals surface area contributed by atoms with E-state index in [-0.39, 0.29) is 11.9 Å². The van der Waals surface area contributed by atoms with E-state index >= 15 is 0 Å². The highest BCUT2D eigenvalue weighted by Crippen LogP contribution is 2.37. The monoisotopic (exact) mass is 250 g/mol. The quantitative estimate of drug-likeness (QED) is 0.820. The second-order valence-corrected chi connectivity index (χ2v) is 5.52. The van der Waals surface area contributed by atoms with Gasteiger partial charge in [0.2, 0.25) is 0 Å². The summed E-state index contributed by atoms with van der Waals surface area (Å²) >= 11 is 0. The number of aromatic nitrogens is 2. The molecule has 1 saturated carbocycles. The summed E-state index contributed by atoms with van der Waals surface area (Å²) in [6, 6.07) is 0.264. The molecule has 1 aliphatic heterocycles. The van der Waals surface area contributed by atoms with Crippen LogP contribution in [0.25, 0.3) is 0 Å². The molecule has 98 valence electrons. The van der Waals surface area contributed by atoms with Gasteiger partial charge in [-0.3, -0.25) is 0 Å². The number of nitrogens with zero attached hydrogens (tertiary/aromatic N) is 3. The summed E-state index contributed by atoms with van der Waals surface area (Å²) in [6.45, 7) is 3.39. The summed E-state index contributed by atoms with van der Waals surface area (Å²) in [5.41, 5.74) is 6.59. The lowest BCUT2D eigenvalue weighted by Crippen LogP contribution is -2.38. The molecular formula is C13H19FN4. The van der Waals surface area contributed by atoms with E-state index in [4.69, 9.17) is 5.73 Å². The van der Waals surface area contributed by atoms with Crippen LogP contribution in [0.4, 0.5) is 10.2 Å². The van der Waals surface area contributed by atoms with Gasteiger partial charge in [-0.15, -0.1) is 0 Å². The molecule has 1 saturated heterocycles. The maximum Gasteiger partial charge on any atom is 0.186 e. The lowest BCUT2D eigenvalue weighted by Gasteiger charge is -2.29. The fourth-order valence-electron chi connectivity index (χ4n) is 3.36. The van der Waals surface area contributed by atoms with Gasteiger partial charge in [-0.2, -0.15) is 0 Å². The molecule has 1 aromatic rings. The van der Waals surface area contributed by atoms with Gasteiger partial charge in [0, 0.05) is 19.1 Å². The summed E-state index contributed by atoms with van der Waals surface area (Å²) in [6.07, 6.45) is 4.94. The summed E-state index contributed by atoms with van der Waals surface area (Å²) < 4.78 is 14.0. The van der Waals surface area contributed by atoms with E-state index < -0.39 is 0 Å². The highest BCUT2D eigenvalue weighted by Gasteiger charge is 2.39. The maximum absolute atomic E-state index is 14.0. The molecular weight excluding hydrogens is 231 g/mol. The number of hydrogen-bond acceptors (Lipinski definition) is 4. The second kappa shape index (κ2) is 4.46. The van der Waals surface area contributed by atoms with Crippen LogP contribution in [0.2, 0.25) is 0 Å². The standard InChI is InChI=1S/C13H19FN4/c1-8-12(14)13(17-7-16-8)18-5-9-3-2-4-11(15)10(9)6-18/h7,9-11H,2-6,15H2,1H3. The molecule has 2 fully saturated rings. The molecule has 0 radical (unpaired) electrons. The van der Waals surface area contributed by atoms with Crippen LogP contribution in [0.5, 0.6) is 0 Å². The van der Waals surface area contributed by atoms with Gasteiger partial charge in [0.1, 0.15) is 6.33 Å². The van der Waals surface area contributed by atoms with E-state index in [1.54, 1.807) is 6.92 Å². The Morgan fingerprint density at radius 3 is 2.94 bits per heavy atom. The highest BCUT2D eigenvalue weighted by atomic mass is 19.1. The van der Waals surface area contributed by atoms with E-state index in [0.717, 1.165) is 19.5 Å². The zero-order valence-corrected chi connectivity index (χ0v) is 10.6. The molecule has 0 amide bonds. The first-order chi connectivity index (χ1) is 8.66. The van der Waals surface area contributed by atoms with Gasteiger partial charge in [-0.1, -0.05) is 6.42 Å². The summed E-state index contributed by atoms with van der Waals surface area (Å²) in [4.78, 5) is 10.0. The molecule has 3 rings (SSSR count). The fourth-order valence-corrected chi connectivity index (χ4v) is 3.36. The van der Waals surface area contributed by atoms with Crippen LogP contribution >= 0.6 is 0 Å². The van der Waals surface area contributed by atoms with Crippen molar-refractivity contribution in [1.29, 1.82) is 0 Å². The Labute approximate surface area is 106 Å². The van der Waals surface area contributed by atoms with Crippen LogP contribution in [-0.2, 0) is 0 Å². The van der Waals surface area contributed by atoms with Crippen molar-refractivity contribution in [2.45, 2.75) is 32.2 Å². The van der Waals surface area contributed by atoms with Crippen molar-refractivity contribution in [3.05, 3.63) is 17.8 Å². The Balaban J connectivity index is 1.85. The number of rotatable bonds is 1. The average molecular weight is 250 g/mol. The molecule has 0 aromatic carbocycles. The molecule has 0 bridgehead atoms. The van der Waals surface area contributed by atoms with Crippen LogP contribution in [0, 0.1) is 24.6 Å². The molecule has 3 unspecified atom stereocenters. The Bertz CT molecular complexity index is 451. The van der Waals surface area contributed by atoms with Gasteiger partial charge in [-0.25, -0.2) is 14.4 Å². The molecule has 18 heavy (non-hydrogen) atoms. The minimum atomic E-state index is -0.287. The maximum atomic E-state index is 14.0. The average Bonchev–Trinajstić information content (AvgIpc) is 2.78. The number of halogens is 1. The summed E-state index contributed by atoms with van der Waals surface area (Å²) in [5, 5.41) is 0. The first kappa shape index (κ1) is 11.8. The third kappa shape index (κ3) is 1.86. The van der Waals surface area contributed by atoms with Crippen molar-refractivity contribution >= 4 is 5.82 Å². The van der Waals surface area contributed by atoms with Crippen LogP contribution in [-0.4, -0.2) is 29.1 Å². The molecule has 1 aromatic heterocycles. The number of aryl methyl sites for hydroxylation is 1. The zero-order chi connectivity index (χ0) is 12.7. The second-order valence-electron chi connectivity index (χ2n) is 5.52. The molecule has 0 spiro atoms. The predicted molar refractivity (Wildman–Crippen MR) is 67.7 cm³/mol. The SMILES string of the molecule is Cc1ncnc(N2CC3CCCC(N)C3C2)c1F. The lowest BCUT2D eigenvalue weighted by atomic mass is 9.78. The Kier molecular flexibility index (Phi) is 2.93. The number of anilines is 1. The molecule has 3 atom stereocenters. The highest BCUT2D eigenvalue weighted by molar-refractivity contribution is 5.42. The van der Waals surface area contributed by atoms with E-state index in [2.05, 4.69) is 9.97 Å². The van der Waals surface area contributed by atoms with Gasteiger partial charge < -0.3 is 10.6 Å². The zero-order valence-electron chi connectivity index (χ0n) is 10.6.